The zero-order chi connectivity index (χ0) is 29.4. The van der Waals surface area contributed by atoms with E-state index in [-0.39, 0.29) is 13.2 Å². The fourth-order valence-electron chi connectivity index (χ4n) is 6.43. The molecule has 224 valence electrons. The van der Waals surface area contributed by atoms with Crippen molar-refractivity contribution in [2.45, 2.75) is 141 Å². The second-order valence-electron chi connectivity index (χ2n) is 11.8. The third-order valence-corrected chi connectivity index (χ3v) is 19.4. The number of rotatable bonds is 15. The van der Waals surface area contributed by atoms with Gasteiger partial charge in [0.25, 0.3) is 0 Å². The van der Waals surface area contributed by atoms with Gasteiger partial charge in [-0.2, -0.15) is 0 Å². The highest BCUT2D eigenvalue weighted by molar-refractivity contribution is 6.77. The minimum Gasteiger partial charge on any atom is -0.454 e. The zero-order valence-corrected chi connectivity index (χ0v) is 27.9. The standard InChI is InChI=1S/C30H53FO6Si2/c1-11-38(12-2,13-3)37-27-26(20-34-39(21(4)5,22(6)7)23(8)9)36-30(31)29(35-24(10)32)28(27)33-19-25-17-15-14-16-18-25/h14-18,21-23,26-30H,11-13,19-20H2,1-10H3/t26-,27-,28+,29+,30+/m1/s1. The average Bonchev–Trinajstić information content (AvgIpc) is 2.89. The van der Waals surface area contributed by atoms with E-state index in [0.29, 0.717) is 16.6 Å². The average molecular weight is 585 g/mol. The molecule has 1 aliphatic rings. The van der Waals surface area contributed by atoms with Crippen molar-refractivity contribution in [1.82, 2.24) is 0 Å². The summed E-state index contributed by atoms with van der Waals surface area (Å²) in [6, 6.07) is 12.5. The maximum Gasteiger partial charge on any atom is 0.303 e. The molecule has 0 aliphatic carbocycles. The number of alkyl halides is 1. The third kappa shape index (κ3) is 8.23. The molecule has 2 rings (SSSR count). The van der Waals surface area contributed by atoms with E-state index < -0.39 is 53.4 Å². The van der Waals surface area contributed by atoms with Crippen molar-refractivity contribution in [1.29, 1.82) is 0 Å². The number of esters is 1. The highest BCUT2D eigenvalue weighted by Crippen LogP contribution is 2.43. The van der Waals surface area contributed by atoms with E-state index in [0.717, 1.165) is 23.7 Å². The first-order valence-corrected chi connectivity index (χ1v) is 19.5. The molecule has 0 aromatic heterocycles. The van der Waals surface area contributed by atoms with Crippen LogP contribution in [0.15, 0.2) is 30.3 Å². The van der Waals surface area contributed by atoms with E-state index >= 15 is 4.39 Å². The number of carbonyl (C=O) groups is 1. The van der Waals surface area contributed by atoms with Crippen molar-refractivity contribution < 1.29 is 32.2 Å². The summed E-state index contributed by atoms with van der Waals surface area (Å²) in [7, 11) is -4.45. The van der Waals surface area contributed by atoms with Gasteiger partial charge in [-0.25, -0.2) is 4.39 Å². The van der Waals surface area contributed by atoms with E-state index in [4.69, 9.17) is 23.1 Å². The zero-order valence-electron chi connectivity index (χ0n) is 25.9. The van der Waals surface area contributed by atoms with Crippen LogP contribution >= 0.6 is 0 Å². The predicted molar refractivity (Wildman–Crippen MR) is 159 cm³/mol. The predicted octanol–water partition coefficient (Wildman–Crippen LogP) is 7.78. The van der Waals surface area contributed by atoms with Crippen LogP contribution in [0.25, 0.3) is 0 Å². The van der Waals surface area contributed by atoms with Gasteiger partial charge in [-0.05, 0) is 40.3 Å². The van der Waals surface area contributed by atoms with Gasteiger partial charge in [-0.3, -0.25) is 4.79 Å². The fourth-order valence-corrected chi connectivity index (χ4v) is 14.7. The monoisotopic (exact) mass is 584 g/mol. The van der Waals surface area contributed by atoms with Gasteiger partial charge < -0.3 is 23.1 Å². The molecule has 0 radical (unpaired) electrons. The molecular weight excluding hydrogens is 531 g/mol. The maximum atomic E-state index is 15.7. The van der Waals surface area contributed by atoms with Crippen molar-refractivity contribution in [3.05, 3.63) is 35.9 Å². The van der Waals surface area contributed by atoms with Crippen LogP contribution in [0.3, 0.4) is 0 Å². The van der Waals surface area contributed by atoms with Crippen molar-refractivity contribution in [3.63, 3.8) is 0 Å². The van der Waals surface area contributed by atoms with E-state index in [1.54, 1.807) is 0 Å². The summed E-state index contributed by atoms with van der Waals surface area (Å²) in [5.41, 5.74) is 2.06. The number of carbonyl (C=O) groups excluding carboxylic acids is 1. The molecule has 1 heterocycles. The lowest BCUT2D eigenvalue weighted by Crippen LogP contribution is -2.64. The summed E-state index contributed by atoms with van der Waals surface area (Å²) in [6.45, 7) is 21.6. The first-order chi connectivity index (χ1) is 18.4. The summed E-state index contributed by atoms with van der Waals surface area (Å²) in [5, 5.41) is 0. The number of halogens is 1. The molecule has 1 saturated heterocycles. The minimum atomic E-state index is -2.26. The Balaban J connectivity index is 2.52. The Kier molecular flexibility index (Phi) is 13.3. The van der Waals surface area contributed by atoms with Crippen molar-refractivity contribution in [2.24, 2.45) is 0 Å². The van der Waals surface area contributed by atoms with Crippen LogP contribution in [-0.4, -0.2) is 60.0 Å². The van der Waals surface area contributed by atoms with Crippen LogP contribution in [0, 0.1) is 0 Å². The molecule has 0 bridgehead atoms. The van der Waals surface area contributed by atoms with Gasteiger partial charge in [0.15, 0.2) is 22.7 Å². The quantitative estimate of drug-likeness (QED) is 0.155. The van der Waals surface area contributed by atoms with Crippen molar-refractivity contribution in [3.8, 4) is 0 Å². The molecule has 0 saturated carbocycles. The summed E-state index contributed by atoms with van der Waals surface area (Å²) in [4.78, 5) is 12.1. The summed E-state index contributed by atoms with van der Waals surface area (Å²) in [5.74, 6) is -0.580. The van der Waals surface area contributed by atoms with E-state index in [2.05, 4.69) is 62.3 Å². The van der Waals surface area contributed by atoms with E-state index in [1.807, 2.05) is 30.3 Å². The molecule has 1 fully saturated rings. The lowest BCUT2D eigenvalue weighted by atomic mass is 9.99. The number of hydrogen-bond donors (Lipinski definition) is 0. The Hall–Kier alpha value is -1.11. The second-order valence-corrected chi connectivity index (χ2v) is 22.0. The fraction of sp³-hybridized carbons (Fsp3) is 0.767. The highest BCUT2D eigenvalue weighted by Gasteiger charge is 2.53. The molecule has 6 nitrogen and oxygen atoms in total. The number of benzene rings is 1. The van der Waals surface area contributed by atoms with Gasteiger partial charge in [-0.1, -0.05) is 92.6 Å². The topological polar surface area (TPSA) is 63.2 Å². The van der Waals surface area contributed by atoms with Crippen molar-refractivity contribution >= 4 is 22.6 Å². The molecule has 39 heavy (non-hydrogen) atoms. The number of hydrogen-bond acceptors (Lipinski definition) is 6. The highest BCUT2D eigenvalue weighted by atomic mass is 28.4. The van der Waals surface area contributed by atoms with Crippen LogP contribution in [-0.2, 0) is 34.5 Å². The van der Waals surface area contributed by atoms with Gasteiger partial charge in [0.05, 0.1) is 13.2 Å². The second kappa shape index (κ2) is 15.2. The van der Waals surface area contributed by atoms with Crippen LogP contribution in [0.5, 0.6) is 0 Å². The molecule has 1 aromatic rings. The van der Waals surface area contributed by atoms with Crippen LogP contribution in [0.1, 0.15) is 74.8 Å². The summed E-state index contributed by atoms with van der Waals surface area (Å²) >= 11 is 0. The first-order valence-electron chi connectivity index (χ1n) is 14.8. The SMILES string of the molecule is CC[Si](CC)(CC)O[C@H]1[C@H](OCc2ccccc2)[C@H](OC(C)=O)[C@@H](F)O[C@@H]1CO[Si](C(C)C)(C(C)C)C(C)C. The molecule has 0 amide bonds. The largest absolute Gasteiger partial charge is 0.454 e. The summed E-state index contributed by atoms with van der Waals surface area (Å²) in [6.07, 6.45) is -5.23. The lowest BCUT2D eigenvalue weighted by molar-refractivity contribution is -0.275. The lowest BCUT2D eigenvalue weighted by Gasteiger charge is -2.48. The van der Waals surface area contributed by atoms with E-state index in [1.165, 1.54) is 6.92 Å². The number of ether oxygens (including phenoxy) is 3. The van der Waals surface area contributed by atoms with Crippen LogP contribution in [0.2, 0.25) is 34.8 Å². The third-order valence-electron chi connectivity index (χ3n) is 8.69. The first kappa shape index (κ1) is 34.1. The van der Waals surface area contributed by atoms with Crippen LogP contribution < -0.4 is 0 Å². The molecule has 1 aromatic carbocycles. The Morgan fingerprint density at radius 1 is 0.897 bits per heavy atom. The molecular formula is C30H53FO6Si2. The van der Waals surface area contributed by atoms with Gasteiger partial charge in [-0.15, -0.1) is 0 Å². The minimum absolute atomic E-state index is 0.214. The van der Waals surface area contributed by atoms with E-state index in [9.17, 15) is 4.79 Å². The molecule has 0 spiro atoms. The van der Waals surface area contributed by atoms with Gasteiger partial charge in [0.1, 0.15) is 18.3 Å². The normalized spacial score (nSPS) is 24.5. The summed E-state index contributed by atoms with van der Waals surface area (Å²) < 4.78 is 47.5. The molecule has 5 atom stereocenters. The Morgan fingerprint density at radius 2 is 1.44 bits per heavy atom. The van der Waals surface area contributed by atoms with Crippen molar-refractivity contribution in [2.75, 3.05) is 6.61 Å². The Bertz CT molecular complexity index is 834. The van der Waals surface area contributed by atoms with Gasteiger partial charge in [0.2, 0.25) is 6.36 Å². The Labute approximate surface area is 238 Å². The Morgan fingerprint density at radius 3 is 1.90 bits per heavy atom. The molecule has 9 heteroatoms. The molecule has 1 aliphatic heterocycles. The van der Waals surface area contributed by atoms with Gasteiger partial charge in [0, 0.05) is 6.92 Å². The van der Waals surface area contributed by atoms with Crippen LogP contribution in [0.4, 0.5) is 4.39 Å². The smallest absolute Gasteiger partial charge is 0.303 e. The van der Waals surface area contributed by atoms with Gasteiger partial charge >= 0.3 is 5.97 Å². The molecule has 0 unspecified atom stereocenters. The molecule has 0 N–H and O–H groups in total. The maximum absolute atomic E-state index is 15.7.